The summed E-state index contributed by atoms with van der Waals surface area (Å²) in [5.74, 6) is -0.501. The maximum absolute atomic E-state index is 12.6. The second-order valence-corrected chi connectivity index (χ2v) is 5.87. The zero-order chi connectivity index (χ0) is 17.3. The quantitative estimate of drug-likeness (QED) is 0.780. The maximum Gasteiger partial charge on any atom is 0.434 e. The molecule has 0 saturated carbocycles. The normalized spacial score (nSPS) is 12.1. The Hall–Kier alpha value is -2.44. The molecule has 0 fully saturated rings. The van der Waals surface area contributed by atoms with Crippen LogP contribution in [0.25, 0.3) is 11.3 Å². The first-order valence-electron chi connectivity index (χ1n) is 6.79. The van der Waals surface area contributed by atoms with Crippen molar-refractivity contribution in [3.63, 3.8) is 0 Å². The van der Waals surface area contributed by atoms with E-state index in [9.17, 15) is 18.0 Å². The van der Waals surface area contributed by atoms with Gasteiger partial charge in [-0.15, -0.1) is 0 Å². The van der Waals surface area contributed by atoms with Crippen molar-refractivity contribution in [2.45, 2.75) is 32.5 Å². The van der Waals surface area contributed by atoms with Gasteiger partial charge in [0, 0.05) is 5.56 Å². The van der Waals surface area contributed by atoms with Gasteiger partial charge >= 0.3 is 12.1 Å². The number of esters is 1. The molecule has 0 spiro atoms. The lowest BCUT2D eigenvalue weighted by molar-refractivity contribution is -0.141. The Morgan fingerprint density at radius 3 is 2.17 bits per heavy atom. The summed E-state index contributed by atoms with van der Waals surface area (Å²) in [7, 11) is 0. The lowest BCUT2D eigenvalue weighted by atomic mass is 10.1. The minimum Gasteiger partial charge on any atom is -0.456 e. The molecule has 0 amide bonds. The number of carbonyl (C=O) groups excluding carboxylic acids is 1. The van der Waals surface area contributed by atoms with Crippen LogP contribution in [-0.2, 0) is 10.9 Å². The molecule has 0 aliphatic carbocycles. The Balaban J connectivity index is 2.25. The third-order valence-electron chi connectivity index (χ3n) is 2.74. The highest BCUT2D eigenvalue weighted by Gasteiger charge is 2.33. The SMILES string of the molecule is CC(C)(C)OC(=O)c1ccc(-c2cncc(C(F)(F)F)n2)cc1. The number of hydrogen-bond donors (Lipinski definition) is 0. The number of alkyl halides is 3. The number of hydrogen-bond acceptors (Lipinski definition) is 4. The molecule has 0 radical (unpaired) electrons. The molecule has 122 valence electrons. The largest absolute Gasteiger partial charge is 0.456 e. The zero-order valence-corrected chi connectivity index (χ0v) is 12.8. The average Bonchev–Trinajstić information content (AvgIpc) is 2.45. The molecule has 1 heterocycles. The highest BCUT2D eigenvalue weighted by Crippen LogP contribution is 2.28. The van der Waals surface area contributed by atoms with E-state index in [0.29, 0.717) is 17.3 Å². The van der Waals surface area contributed by atoms with E-state index in [1.807, 2.05) is 0 Å². The van der Waals surface area contributed by atoms with E-state index in [0.717, 1.165) is 0 Å². The molecule has 1 aromatic carbocycles. The van der Waals surface area contributed by atoms with Gasteiger partial charge in [0.15, 0.2) is 5.69 Å². The standard InChI is InChI=1S/C16H15F3N2O2/c1-15(2,3)23-14(22)11-6-4-10(5-7-11)12-8-20-9-13(21-12)16(17,18)19/h4-9H,1-3H3. The summed E-state index contributed by atoms with van der Waals surface area (Å²) >= 11 is 0. The summed E-state index contributed by atoms with van der Waals surface area (Å²) in [4.78, 5) is 19.0. The number of nitrogens with zero attached hydrogens (tertiary/aromatic N) is 2. The summed E-state index contributed by atoms with van der Waals surface area (Å²) in [5.41, 5.74) is -0.872. The van der Waals surface area contributed by atoms with E-state index in [1.54, 1.807) is 20.8 Å². The van der Waals surface area contributed by atoms with E-state index in [2.05, 4.69) is 9.97 Å². The van der Waals surface area contributed by atoms with Gasteiger partial charge in [0.2, 0.25) is 0 Å². The van der Waals surface area contributed by atoms with Gasteiger partial charge in [0.05, 0.1) is 23.7 Å². The fourth-order valence-electron chi connectivity index (χ4n) is 1.76. The number of rotatable bonds is 2. The smallest absolute Gasteiger partial charge is 0.434 e. The van der Waals surface area contributed by atoms with Crippen molar-refractivity contribution in [1.82, 2.24) is 9.97 Å². The Morgan fingerprint density at radius 2 is 1.65 bits per heavy atom. The molecular formula is C16H15F3N2O2. The Kier molecular flexibility index (Phi) is 4.40. The first kappa shape index (κ1) is 16.9. The fourth-order valence-corrected chi connectivity index (χ4v) is 1.76. The summed E-state index contributed by atoms with van der Waals surface area (Å²) in [6, 6.07) is 5.96. The minimum absolute atomic E-state index is 0.0792. The Bertz CT molecular complexity index is 705. The number of benzene rings is 1. The molecule has 1 aromatic heterocycles. The van der Waals surface area contributed by atoms with Crippen LogP contribution in [0.2, 0.25) is 0 Å². The first-order valence-corrected chi connectivity index (χ1v) is 6.79. The number of carbonyl (C=O) groups is 1. The van der Waals surface area contributed by atoms with Gasteiger partial charge < -0.3 is 4.74 Å². The van der Waals surface area contributed by atoms with Gasteiger partial charge in [0.1, 0.15) is 5.60 Å². The molecule has 7 heteroatoms. The van der Waals surface area contributed by atoms with Gasteiger partial charge in [-0.05, 0) is 32.9 Å². The predicted molar refractivity (Wildman–Crippen MR) is 77.6 cm³/mol. The molecular weight excluding hydrogens is 309 g/mol. The molecule has 2 rings (SSSR count). The molecule has 0 bridgehead atoms. The average molecular weight is 324 g/mol. The Morgan fingerprint density at radius 1 is 1.04 bits per heavy atom. The van der Waals surface area contributed by atoms with Crippen LogP contribution in [0.15, 0.2) is 36.7 Å². The van der Waals surface area contributed by atoms with Crippen molar-refractivity contribution in [3.05, 3.63) is 47.9 Å². The molecule has 4 nitrogen and oxygen atoms in total. The minimum atomic E-state index is -4.56. The van der Waals surface area contributed by atoms with Gasteiger partial charge in [-0.25, -0.2) is 9.78 Å². The third-order valence-corrected chi connectivity index (χ3v) is 2.74. The van der Waals surface area contributed by atoms with Crippen molar-refractivity contribution in [1.29, 1.82) is 0 Å². The van der Waals surface area contributed by atoms with Gasteiger partial charge in [-0.3, -0.25) is 4.98 Å². The second-order valence-electron chi connectivity index (χ2n) is 5.87. The Labute approximate surface area is 131 Å². The lowest BCUT2D eigenvalue weighted by Crippen LogP contribution is -2.23. The summed E-state index contributed by atoms with van der Waals surface area (Å²) < 4.78 is 43.2. The topological polar surface area (TPSA) is 52.1 Å². The van der Waals surface area contributed by atoms with Gasteiger partial charge in [-0.2, -0.15) is 13.2 Å². The predicted octanol–water partition coefficient (Wildman–Crippen LogP) is 4.12. The van der Waals surface area contributed by atoms with Crippen LogP contribution in [0.3, 0.4) is 0 Å². The van der Waals surface area contributed by atoms with E-state index < -0.39 is 23.4 Å². The van der Waals surface area contributed by atoms with Crippen LogP contribution in [0.5, 0.6) is 0 Å². The van der Waals surface area contributed by atoms with E-state index in [1.165, 1.54) is 30.5 Å². The van der Waals surface area contributed by atoms with E-state index >= 15 is 0 Å². The monoisotopic (exact) mass is 324 g/mol. The number of halogens is 3. The third kappa shape index (κ3) is 4.51. The second kappa shape index (κ2) is 5.98. The molecule has 0 aliphatic heterocycles. The summed E-state index contributed by atoms with van der Waals surface area (Å²) in [6.07, 6.45) is -2.66. The van der Waals surface area contributed by atoms with Crippen LogP contribution in [0.4, 0.5) is 13.2 Å². The summed E-state index contributed by atoms with van der Waals surface area (Å²) in [5, 5.41) is 0. The van der Waals surface area contributed by atoms with Crippen molar-refractivity contribution < 1.29 is 22.7 Å². The molecule has 0 unspecified atom stereocenters. The number of aromatic nitrogens is 2. The van der Waals surface area contributed by atoms with Crippen LogP contribution in [-0.4, -0.2) is 21.5 Å². The molecule has 0 atom stereocenters. The van der Waals surface area contributed by atoms with Crippen LogP contribution in [0, 0.1) is 0 Å². The molecule has 0 N–H and O–H groups in total. The first-order chi connectivity index (χ1) is 10.6. The van der Waals surface area contributed by atoms with Crippen LogP contribution < -0.4 is 0 Å². The van der Waals surface area contributed by atoms with E-state index in [-0.39, 0.29) is 5.69 Å². The maximum atomic E-state index is 12.6. The molecule has 0 saturated heterocycles. The van der Waals surface area contributed by atoms with Crippen molar-refractivity contribution in [3.8, 4) is 11.3 Å². The van der Waals surface area contributed by atoms with Crippen molar-refractivity contribution in [2.24, 2.45) is 0 Å². The highest BCUT2D eigenvalue weighted by atomic mass is 19.4. The lowest BCUT2D eigenvalue weighted by Gasteiger charge is -2.19. The number of ether oxygens (including phenoxy) is 1. The van der Waals surface area contributed by atoms with Gasteiger partial charge in [0.25, 0.3) is 0 Å². The highest BCUT2D eigenvalue weighted by molar-refractivity contribution is 5.90. The van der Waals surface area contributed by atoms with Crippen LogP contribution >= 0.6 is 0 Å². The zero-order valence-electron chi connectivity index (χ0n) is 12.8. The van der Waals surface area contributed by atoms with E-state index in [4.69, 9.17) is 4.74 Å². The molecule has 0 aliphatic rings. The fraction of sp³-hybridized carbons (Fsp3) is 0.312. The molecule has 2 aromatic rings. The molecule has 23 heavy (non-hydrogen) atoms. The summed E-state index contributed by atoms with van der Waals surface area (Å²) in [6.45, 7) is 5.24. The van der Waals surface area contributed by atoms with Gasteiger partial charge in [-0.1, -0.05) is 12.1 Å². The van der Waals surface area contributed by atoms with Crippen molar-refractivity contribution >= 4 is 5.97 Å². The van der Waals surface area contributed by atoms with Crippen molar-refractivity contribution in [2.75, 3.05) is 0 Å². The van der Waals surface area contributed by atoms with Crippen LogP contribution in [0.1, 0.15) is 36.8 Å².